The van der Waals surface area contributed by atoms with Crippen molar-refractivity contribution in [2.24, 2.45) is 0 Å². The molecule has 2 heterocycles. The number of anilines is 1. The lowest BCUT2D eigenvalue weighted by Crippen LogP contribution is -2.08. The van der Waals surface area contributed by atoms with Crippen molar-refractivity contribution in [2.45, 2.75) is 26.7 Å². The molecule has 0 spiro atoms. The van der Waals surface area contributed by atoms with Crippen molar-refractivity contribution in [3.63, 3.8) is 0 Å². The molecule has 2 aromatic rings. The van der Waals surface area contributed by atoms with Gasteiger partial charge in [0.15, 0.2) is 11.0 Å². The van der Waals surface area contributed by atoms with Crippen LogP contribution in [0.3, 0.4) is 0 Å². The average molecular weight is 266 g/mol. The van der Waals surface area contributed by atoms with Crippen LogP contribution in [-0.2, 0) is 6.42 Å². The summed E-state index contributed by atoms with van der Waals surface area (Å²) in [5.74, 6) is 1.65. The van der Waals surface area contributed by atoms with Crippen molar-refractivity contribution in [2.75, 3.05) is 11.9 Å². The third-order valence-corrected chi connectivity index (χ3v) is 2.97. The van der Waals surface area contributed by atoms with E-state index in [1.54, 1.807) is 6.20 Å². The van der Waals surface area contributed by atoms with E-state index in [0.717, 1.165) is 36.6 Å². The van der Waals surface area contributed by atoms with Crippen molar-refractivity contribution in [1.82, 2.24) is 19.9 Å². The van der Waals surface area contributed by atoms with Gasteiger partial charge in [-0.15, -0.1) is 0 Å². The molecule has 0 aliphatic heterocycles. The van der Waals surface area contributed by atoms with Gasteiger partial charge in [-0.05, 0) is 20.3 Å². The lowest BCUT2D eigenvalue weighted by molar-refractivity contribution is 0.812. The summed E-state index contributed by atoms with van der Waals surface area (Å²) in [7, 11) is 0. The van der Waals surface area contributed by atoms with Crippen LogP contribution in [0, 0.1) is 13.8 Å². The standard InChI is InChI=1S/C12H16ClN5/c1-8-9(2)18-12(11(13)17-8)16-5-3-4-10-14-6-7-15-10/h6-7H,3-5H2,1-2H3,(H,14,15)(H,16,18). The Morgan fingerprint density at radius 3 is 2.78 bits per heavy atom. The number of aromatic amines is 1. The molecule has 2 rings (SSSR count). The van der Waals surface area contributed by atoms with E-state index in [-0.39, 0.29) is 0 Å². The minimum atomic E-state index is 0.427. The van der Waals surface area contributed by atoms with E-state index in [1.165, 1.54) is 0 Å². The van der Waals surface area contributed by atoms with Crippen LogP contribution in [0.5, 0.6) is 0 Å². The van der Waals surface area contributed by atoms with Crippen LogP contribution in [0.25, 0.3) is 0 Å². The van der Waals surface area contributed by atoms with E-state index in [4.69, 9.17) is 11.6 Å². The normalized spacial score (nSPS) is 10.6. The zero-order chi connectivity index (χ0) is 13.0. The van der Waals surface area contributed by atoms with E-state index in [2.05, 4.69) is 25.3 Å². The Hall–Kier alpha value is -1.62. The highest BCUT2D eigenvalue weighted by Gasteiger charge is 2.06. The van der Waals surface area contributed by atoms with E-state index in [1.807, 2.05) is 20.0 Å². The summed E-state index contributed by atoms with van der Waals surface area (Å²) < 4.78 is 0. The molecule has 18 heavy (non-hydrogen) atoms. The first kappa shape index (κ1) is 12.8. The number of imidazole rings is 1. The van der Waals surface area contributed by atoms with Gasteiger partial charge in [0.25, 0.3) is 0 Å². The molecule has 96 valence electrons. The summed E-state index contributed by atoms with van der Waals surface area (Å²) >= 11 is 6.03. The Balaban J connectivity index is 1.85. The van der Waals surface area contributed by atoms with Crippen LogP contribution in [0.2, 0.25) is 5.15 Å². The topological polar surface area (TPSA) is 66.5 Å². The first-order valence-corrected chi connectivity index (χ1v) is 6.27. The molecule has 6 heteroatoms. The fourth-order valence-electron chi connectivity index (χ4n) is 1.59. The first-order valence-electron chi connectivity index (χ1n) is 5.89. The molecule has 0 aromatic carbocycles. The number of halogens is 1. The molecule has 0 amide bonds. The van der Waals surface area contributed by atoms with Gasteiger partial charge in [0.2, 0.25) is 0 Å². The molecule has 5 nitrogen and oxygen atoms in total. The molecule has 0 saturated heterocycles. The third kappa shape index (κ3) is 3.20. The van der Waals surface area contributed by atoms with Crippen LogP contribution >= 0.6 is 11.6 Å². The summed E-state index contributed by atoms with van der Waals surface area (Å²) in [6.45, 7) is 4.61. The zero-order valence-electron chi connectivity index (χ0n) is 10.5. The molecule has 0 aliphatic rings. The Kier molecular flexibility index (Phi) is 4.15. The van der Waals surface area contributed by atoms with Gasteiger partial charge in [0.05, 0.1) is 11.4 Å². The second-order valence-corrected chi connectivity index (χ2v) is 4.46. The van der Waals surface area contributed by atoms with Crippen LogP contribution < -0.4 is 5.32 Å². The lowest BCUT2D eigenvalue weighted by Gasteiger charge is -2.08. The number of aryl methyl sites for hydroxylation is 3. The second kappa shape index (κ2) is 5.82. The Morgan fingerprint density at radius 2 is 2.06 bits per heavy atom. The van der Waals surface area contributed by atoms with Gasteiger partial charge in [-0.1, -0.05) is 11.6 Å². The molecule has 0 bridgehead atoms. The number of hydrogen-bond acceptors (Lipinski definition) is 4. The van der Waals surface area contributed by atoms with E-state index < -0.39 is 0 Å². The van der Waals surface area contributed by atoms with Crippen LogP contribution in [-0.4, -0.2) is 26.5 Å². The van der Waals surface area contributed by atoms with Gasteiger partial charge < -0.3 is 10.3 Å². The van der Waals surface area contributed by atoms with Crippen molar-refractivity contribution in [3.05, 3.63) is 34.8 Å². The maximum Gasteiger partial charge on any atom is 0.171 e. The van der Waals surface area contributed by atoms with Crippen molar-refractivity contribution in [1.29, 1.82) is 0 Å². The summed E-state index contributed by atoms with van der Waals surface area (Å²) in [5.41, 5.74) is 1.76. The van der Waals surface area contributed by atoms with Crippen LogP contribution in [0.15, 0.2) is 12.4 Å². The third-order valence-electron chi connectivity index (χ3n) is 2.70. The average Bonchev–Trinajstić information content (AvgIpc) is 2.84. The number of H-pyrrole nitrogens is 1. The molecule has 0 radical (unpaired) electrons. The summed E-state index contributed by atoms with van der Waals surface area (Å²) in [6, 6.07) is 0. The molecule has 2 N–H and O–H groups in total. The van der Waals surface area contributed by atoms with Gasteiger partial charge in [0.1, 0.15) is 5.82 Å². The maximum absolute atomic E-state index is 6.03. The van der Waals surface area contributed by atoms with Crippen molar-refractivity contribution >= 4 is 17.4 Å². The smallest absolute Gasteiger partial charge is 0.171 e. The Labute approximate surface area is 111 Å². The molecule has 0 aliphatic carbocycles. The second-order valence-electron chi connectivity index (χ2n) is 4.10. The zero-order valence-corrected chi connectivity index (χ0v) is 11.3. The van der Waals surface area contributed by atoms with Gasteiger partial charge in [-0.2, -0.15) is 0 Å². The van der Waals surface area contributed by atoms with Gasteiger partial charge in [-0.25, -0.2) is 15.0 Å². The predicted octanol–water partition coefficient (Wildman–Crippen LogP) is 2.51. The fraction of sp³-hybridized carbons (Fsp3) is 0.417. The molecular formula is C12H16ClN5. The maximum atomic E-state index is 6.03. The lowest BCUT2D eigenvalue weighted by atomic mass is 10.3. The quantitative estimate of drug-likeness (QED) is 0.816. The van der Waals surface area contributed by atoms with Gasteiger partial charge in [-0.3, -0.25) is 0 Å². The highest BCUT2D eigenvalue weighted by Crippen LogP contribution is 2.18. The Bertz CT molecular complexity index is 509. The number of aromatic nitrogens is 4. The van der Waals surface area contributed by atoms with Gasteiger partial charge >= 0.3 is 0 Å². The van der Waals surface area contributed by atoms with Gasteiger partial charge in [0, 0.05) is 25.4 Å². The number of rotatable bonds is 5. The Morgan fingerprint density at radius 1 is 1.28 bits per heavy atom. The number of nitrogens with one attached hydrogen (secondary N) is 2. The van der Waals surface area contributed by atoms with Crippen LogP contribution in [0.4, 0.5) is 5.82 Å². The SMILES string of the molecule is Cc1nc(Cl)c(NCCCc2ncc[nH]2)nc1C. The fourth-order valence-corrected chi connectivity index (χ4v) is 1.82. The summed E-state index contributed by atoms with van der Waals surface area (Å²) in [6.07, 6.45) is 5.44. The summed E-state index contributed by atoms with van der Waals surface area (Å²) in [5, 5.41) is 3.62. The highest BCUT2D eigenvalue weighted by atomic mass is 35.5. The highest BCUT2D eigenvalue weighted by molar-refractivity contribution is 6.31. The van der Waals surface area contributed by atoms with E-state index in [0.29, 0.717) is 11.0 Å². The van der Waals surface area contributed by atoms with Crippen molar-refractivity contribution < 1.29 is 0 Å². The molecule has 0 atom stereocenters. The van der Waals surface area contributed by atoms with E-state index >= 15 is 0 Å². The molecule has 0 saturated carbocycles. The first-order chi connectivity index (χ1) is 8.66. The summed E-state index contributed by atoms with van der Waals surface area (Å²) in [4.78, 5) is 15.8. The molecule has 2 aromatic heterocycles. The van der Waals surface area contributed by atoms with Crippen LogP contribution in [0.1, 0.15) is 23.6 Å². The largest absolute Gasteiger partial charge is 0.367 e. The van der Waals surface area contributed by atoms with Crippen molar-refractivity contribution in [3.8, 4) is 0 Å². The molecular weight excluding hydrogens is 250 g/mol. The van der Waals surface area contributed by atoms with E-state index in [9.17, 15) is 0 Å². The molecule has 0 fully saturated rings. The number of nitrogens with zero attached hydrogens (tertiary/aromatic N) is 3. The monoisotopic (exact) mass is 265 g/mol. The minimum absolute atomic E-state index is 0.427. The number of hydrogen-bond donors (Lipinski definition) is 2. The minimum Gasteiger partial charge on any atom is -0.367 e. The predicted molar refractivity (Wildman–Crippen MR) is 71.9 cm³/mol. The molecule has 0 unspecified atom stereocenters.